The van der Waals surface area contributed by atoms with Gasteiger partial charge < -0.3 is 14.8 Å². The fraction of sp³-hybridized carbons (Fsp3) is 0.500. The second-order valence-corrected chi connectivity index (χ2v) is 3.23. The Morgan fingerprint density at radius 1 is 1.71 bits per heavy atom. The summed E-state index contributed by atoms with van der Waals surface area (Å²) in [5.41, 5.74) is 0. The van der Waals surface area contributed by atoms with Crippen molar-refractivity contribution in [3.05, 3.63) is 24.2 Å². The molecule has 1 aromatic rings. The molecule has 1 rings (SSSR count). The monoisotopic (exact) mass is 197 g/mol. The maximum atomic E-state index is 11.2. The van der Waals surface area contributed by atoms with Crippen LogP contribution in [0.5, 0.6) is 0 Å². The predicted octanol–water partition coefficient (Wildman–Crippen LogP) is 0.709. The molecule has 0 aliphatic rings. The number of hydrogen-bond acceptors (Lipinski definition) is 3. The number of nitrogens with one attached hydrogen (secondary N) is 1. The molecule has 2 N–H and O–H groups in total. The van der Waals surface area contributed by atoms with Crippen LogP contribution in [0.4, 0.5) is 0 Å². The van der Waals surface area contributed by atoms with E-state index in [-0.39, 0.29) is 18.6 Å². The summed E-state index contributed by atoms with van der Waals surface area (Å²) < 4.78 is 5.09. The first-order valence-electron chi connectivity index (χ1n) is 4.65. The van der Waals surface area contributed by atoms with E-state index in [0.717, 1.165) is 5.76 Å². The van der Waals surface area contributed by atoms with Crippen LogP contribution in [0, 0.1) is 0 Å². The third-order valence-electron chi connectivity index (χ3n) is 1.86. The zero-order valence-corrected chi connectivity index (χ0v) is 8.19. The lowest BCUT2D eigenvalue weighted by Crippen LogP contribution is -2.35. The smallest absolute Gasteiger partial charge is 0.220 e. The highest BCUT2D eigenvalue weighted by Gasteiger charge is 2.06. The number of carbonyl (C=O) groups is 1. The highest BCUT2D eigenvalue weighted by Crippen LogP contribution is 2.03. The summed E-state index contributed by atoms with van der Waals surface area (Å²) in [5, 5.41) is 11.4. The van der Waals surface area contributed by atoms with Gasteiger partial charge in [0.15, 0.2) is 0 Å². The first kappa shape index (κ1) is 10.8. The molecule has 1 heterocycles. The summed E-state index contributed by atoms with van der Waals surface area (Å²) in [6.45, 7) is 1.72. The van der Waals surface area contributed by atoms with Gasteiger partial charge >= 0.3 is 0 Å². The van der Waals surface area contributed by atoms with E-state index in [1.54, 1.807) is 19.3 Å². The molecule has 0 spiro atoms. The number of rotatable bonds is 5. The number of hydrogen-bond donors (Lipinski definition) is 2. The Balaban J connectivity index is 2.22. The topological polar surface area (TPSA) is 62.5 Å². The van der Waals surface area contributed by atoms with Gasteiger partial charge in [-0.2, -0.15) is 0 Å². The van der Waals surface area contributed by atoms with E-state index >= 15 is 0 Å². The van der Waals surface area contributed by atoms with Gasteiger partial charge in [0.2, 0.25) is 5.91 Å². The Morgan fingerprint density at radius 2 is 2.50 bits per heavy atom. The van der Waals surface area contributed by atoms with Gasteiger partial charge in [0.25, 0.3) is 0 Å². The lowest BCUT2D eigenvalue weighted by Gasteiger charge is -2.09. The molecule has 0 saturated carbocycles. The Morgan fingerprint density at radius 3 is 3.07 bits per heavy atom. The molecule has 4 heteroatoms. The van der Waals surface area contributed by atoms with Gasteiger partial charge in [0, 0.05) is 18.9 Å². The van der Waals surface area contributed by atoms with Crippen LogP contribution in [0.25, 0.3) is 0 Å². The van der Waals surface area contributed by atoms with E-state index in [4.69, 9.17) is 9.52 Å². The normalized spacial score (nSPS) is 12.4. The van der Waals surface area contributed by atoms with Gasteiger partial charge in [-0.3, -0.25) is 4.79 Å². The molecular formula is C10H15NO3. The average Bonchev–Trinajstić information content (AvgIpc) is 2.67. The number of aryl methyl sites for hydroxylation is 1. The van der Waals surface area contributed by atoms with Gasteiger partial charge in [-0.05, 0) is 19.1 Å². The molecule has 0 aliphatic heterocycles. The summed E-state index contributed by atoms with van der Waals surface area (Å²) >= 11 is 0. The molecule has 14 heavy (non-hydrogen) atoms. The zero-order valence-electron chi connectivity index (χ0n) is 8.19. The van der Waals surface area contributed by atoms with Gasteiger partial charge in [-0.25, -0.2) is 0 Å². The number of aliphatic hydroxyl groups is 1. The van der Waals surface area contributed by atoms with Crippen molar-refractivity contribution in [2.45, 2.75) is 25.8 Å². The summed E-state index contributed by atoms with van der Waals surface area (Å²) in [4.78, 5) is 11.2. The second kappa shape index (κ2) is 5.44. The lowest BCUT2D eigenvalue weighted by atomic mass is 10.2. The quantitative estimate of drug-likeness (QED) is 0.730. The third kappa shape index (κ3) is 3.62. The van der Waals surface area contributed by atoms with E-state index in [1.165, 1.54) is 0 Å². The van der Waals surface area contributed by atoms with Crippen LogP contribution >= 0.6 is 0 Å². The SMILES string of the molecule is C[C@H](CO)NC(=O)CCc1ccco1. The minimum absolute atomic E-state index is 0.0352. The van der Waals surface area contributed by atoms with Gasteiger partial charge in [-0.15, -0.1) is 0 Å². The van der Waals surface area contributed by atoms with Crippen molar-refractivity contribution in [3.63, 3.8) is 0 Å². The van der Waals surface area contributed by atoms with Crippen LogP contribution in [-0.2, 0) is 11.2 Å². The van der Waals surface area contributed by atoms with Gasteiger partial charge in [0.05, 0.1) is 12.9 Å². The zero-order chi connectivity index (χ0) is 10.4. The standard InChI is InChI=1S/C10H15NO3/c1-8(7-12)11-10(13)5-4-9-3-2-6-14-9/h2-3,6,8,12H,4-5,7H2,1H3,(H,11,13)/t8-/m1/s1. The molecule has 0 aromatic carbocycles. The Hall–Kier alpha value is -1.29. The molecule has 1 amide bonds. The summed E-state index contributed by atoms with van der Waals surface area (Å²) in [5.74, 6) is 0.736. The molecule has 1 aromatic heterocycles. The van der Waals surface area contributed by atoms with E-state index in [1.807, 2.05) is 6.07 Å². The first-order valence-corrected chi connectivity index (χ1v) is 4.65. The van der Waals surface area contributed by atoms with Crippen molar-refractivity contribution in [1.29, 1.82) is 0 Å². The Bertz CT molecular complexity index is 269. The van der Waals surface area contributed by atoms with Gasteiger partial charge in [0.1, 0.15) is 5.76 Å². The molecule has 1 atom stereocenters. The van der Waals surface area contributed by atoms with Crippen molar-refractivity contribution in [2.75, 3.05) is 6.61 Å². The number of amides is 1. The molecule has 0 aliphatic carbocycles. The van der Waals surface area contributed by atoms with Crippen LogP contribution in [-0.4, -0.2) is 23.7 Å². The number of aliphatic hydroxyl groups excluding tert-OH is 1. The number of furan rings is 1. The summed E-state index contributed by atoms with van der Waals surface area (Å²) in [6, 6.07) is 3.45. The fourth-order valence-electron chi connectivity index (χ4n) is 1.08. The number of carbonyl (C=O) groups excluding carboxylic acids is 1. The lowest BCUT2D eigenvalue weighted by molar-refractivity contribution is -0.122. The van der Waals surface area contributed by atoms with E-state index in [9.17, 15) is 4.79 Å². The van der Waals surface area contributed by atoms with Crippen LogP contribution in [0.1, 0.15) is 19.1 Å². The van der Waals surface area contributed by atoms with Crippen molar-refractivity contribution in [1.82, 2.24) is 5.32 Å². The molecular weight excluding hydrogens is 182 g/mol. The molecule has 0 unspecified atom stereocenters. The van der Waals surface area contributed by atoms with Crippen LogP contribution < -0.4 is 5.32 Å². The third-order valence-corrected chi connectivity index (χ3v) is 1.86. The van der Waals surface area contributed by atoms with Gasteiger partial charge in [-0.1, -0.05) is 0 Å². The minimum atomic E-state index is -0.181. The highest BCUT2D eigenvalue weighted by atomic mass is 16.3. The molecule has 4 nitrogen and oxygen atoms in total. The van der Waals surface area contributed by atoms with E-state index in [0.29, 0.717) is 12.8 Å². The van der Waals surface area contributed by atoms with Crippen LogP contribution in [0.15, 0.2) is 22.8 Å². The Labute approximate surface area is 82.9 Å². The fourth-order valence-corrected chi connectivity index (χ4v) is 1.08. The largest absolute Gasteiger partial charge is 0.469 e. The van der Waals surface area contributed by atoms with E-state index in [2.05, 4.69) is 5.32 Å². The second-order valence-electron chi connectivity index (χ2n) is 3.23. The van der Waals surface area contributed by atoms with E-state index < -0.39 is 0 Å². The summed E-state index contributed by atoms with van der Waals surface area (Å²) in [7, 11) is 0. The molecule has 0 saturated heterocycles. The van der Waals surface area contributed by atoms with Crippen molar-refractivity contribution in [3.8, 4) is 0 Å². The first-order chi connectivity index (χ1) is 6.72. The average molecular weight is 197 g/mol. The molecule has 78 valence electrons. The predicted molar refractivity (Wildman–Crippen MR) is 51.7 cm³/mol. The van der Waals surface area contributed by atoms with Crippen molar-refractivity contribution >= 4 is 5.91 Å². The van der Waals surface area contributed by atoms with Crippen LogP contribution in [0.3, 0.4) is 0 Å². The molecule has 0 bridgehead atoms. The molecule has 0 radical (unpaired) electrons. The van der Waals surface area contributed by atoms with Crippen molar-refractivity contribution in [2.24, 2.45) is 0 Å². The minimum Gasteiger partial charge on any atom is -0.469 e. The highest BCUT2D eigenvalue weighted by molar-refractivity contribution is 5.76. The maximum Gasteiger partial charge on any atom is 0.220 e. The van der Waals surface area contributed by atoms with Crippen LogP contribution in [0.2, 0.25) is 0 Å². The Kier molecular flexibility index (Phi) is 4.19. The summed E-state index contributed by atoms with van der Waals surface area (Å²) in [6.07, 6.45) is 2.57. The van der Waals surface area contributed by atoms with Crippen molar-refractivity contribution < 1.29 is 14.3 Å². The maximum absolute atomic E-state index is 11.2. The molecule has 0 fully saturated rings.